The molecule has 0 bridgehead atoms. The van der Waals surface area contributed by atoms with E-state index in [1.165, 1.54) is 0 Å². The van der Waals surface area contributed by atoms with Gasteiger partial charge in [-0.15, -0.1) is 0 Å². The van der Waals surface area contributed by atoms with Gasteiger partial charge in [0.2, 0.25) is 0 Å². The molecule has 2 aliphatic rings. The molecule has 0 saturated heterocycles. The molecule has 3 N–H and O–H groups in total. The van der Waals surface area contributed by atoms with E-state index >= 15 is 0 Å². The molecule has 3 atom stereocenters. The Labute approximate surface area is 127 Å². The fourth-order valence-electron chi connectivity index (χ4n) is 3.72. The summed E-state index contributed by atoms with van der Waals surface area (Å²) in [6.07, 6.45) is 0.716. The molecule has 4 rings (SSSR count). The van der Waals surface area contributed by atoms with Crippen LogP contribution in [0.2, 0.25) is 0 Å². The lowest BCUT2D eigenvalue weighted by Crippen LogP contribution is -2.20. The lowest BCUT2D eigenvalue weighted by molar-refractivity contribution is 0.0480. The minimum atomic E-state index is -1.00. The number of carbonyl (C=O) groups excluding carboxylic acids is 1. The van der Waals surface area contributed by atoms with Crippen LogP contribution in [0.25, 0.3) is 16.8 Å². The Kier molecular flexibility index (Phi) is 2.78. The van der Waals surface area contributed by atoms with Crippen LogP contribution in [0.3, 0.4) is 0 Å². The van der Waals surface area contributed by atoms with Crippen LogP contribution < -0.4 is 0 Å². The molecule has 22 heavy (non-hydrogen) atoms. The number of hydrogen-bond donors (Lipinski definition) is 3. The van der Waals surface area contributed by atoms with Gasteiger partial charge in [0.1, 0.15) is 12.2 Å². The number of benzene rings is 2. The Morgan fingerprint density at radius 2 is 1.91 bits per heavy atom. The third kappa shape index (κ3) is 1.66. The Hall–Kier alpha value is -2.01. The van der Waals surface area contributed by atoms with Gasteiger partial charge >= 0.3 is 0 Å². The standard InChI is InChI=1S/C18H16O4/c1-8-6-11-13(20)7-14(21)17(11)10-4-2-9-3-5-12(19)18(22)16(9)15(8)10/h2-6,12,14,18-19,21-22H,7H2,1H3. The van der Waals surface area contributed by atoms with Crippen LogP contribution in [-0.4, -0.2) is 27.2 Å². The minimum Gasteiger partial charge on any atom is -0.388 e. The highest BCUT2D eigenvalue weighted by Crippen LogP contribution is 2.43. The first kappa shape index (κ1) is 13.6. The van der Waals surface area contributed by atoms with E-state index in [-0.39, 0.29) is 12.2 Å². The van der Waals surface area contributed by atoms with Crippen LogP contribution in [0.4, 0.5) is 0 Å². The fraction of sp³-hybridized carbons (Fsp3) is 0.278. The van der Waals surface area contributed by atoms with E-state index in [1.54, 1.807) is 18.2 Å². The van der Waals surface area contributed by atoms with E-state index in [1.807, 2.05) is 19.1 Å². The van der Waals surface area contributed by atoms with Crippen LogP contribution >= 0.6 is 0 Å². The van der Waals surface area contributed by atoms with Gasteiger partial charge in [-0.2, -0.15) is 0 Å². The zero-order valence-corrected chi connectivity index (χ0v) is 12.1. The number of aryl methyl sites for hydroxylation is 1. The summed E-state index contributed by atoms with van der Waals surface area (Å²) < 4.78 is 0. The Bertz CT molecular complexity index is 850. The minimum absolute atomic E-state index is 0.0503. The maximum Gasteiger partial charge on any atom is 0.166 e. The van der Waals surface area contributed by atoms with Crippen molar-refractivity contribution in [1.82, 2.24) is 0 Å². The predicted molar refractivity (Wildman–Crippen MR) is 82.6 cm³/mol. The largest absolute Gasteiger partial charge is 0.388 e. The van der Waals surface area contributed by atoms with Gasteiger partial charge < -0.3 is 15.3 Å². The number of ketones is 1. The van der Waals surface area contributed by atoms with E-state index in [4.69, 9.17) is 0 Å². The van der Waals surface area contributed by atoms with Crippen molar-refractivity contribution in [2.75, 3.05) is 0 Å². The number of Topliss-reactive ketones (excluding diaryl/α,β-unsaturated/α-hetero) is 1. The molecule has 0 fully saturated rings. The second kappa shape index (κ2) is 4.49. The van der Waals surface area contributed by atoms with Gasteiger partial charge in [-0.3, -0.25) is 4.79 Å². The summed E-state index contributed by atoms with van der Waals surface area (Å²) in [6, 6.07) is 5.53. The quantitative estimate of drug-likeness (QED) is 0.696. The van der Waals surface area contributed by atoms with Crippen molar-refractivity contribution in [1.29, 1.82) is 0 Å². The van der Waals surface area contributed by atoms with E-state index < -0.39 is 18.3 Å². The van der Waals surface area contributed by atoms with E-state index in [2.05, 4.69) is 0 Å². The molecule has 0 radical (unpaired) electrons. The molecule has 0 heterocycles. The molecule has 3 unspecified atom stereocenters. The summed E-state index contributed by atoms with van der Waals surface area (Å²) in [7, 11) is 0. The molecule has 112 valence electrons. The van der Waals surface area contributed by atoms with Crippen LogP contribution in [-0.2, 0) is 0 Å². The highest BCUT2D eigenvalue weighted by molar-refractivity contribution is 6.08. The molecule has 0 amide bonds. The Balaban J connectivity index is 2.14. The average Bonchev–Trinajstić information content (AvgIpc) is 2.77. The molecule has 0 aliphatic heterocycles. The van der Waals surface area contributed by atoms with Crippen LogP contribution in [0.15, 0.2) is 24.3 Å². The van der Waals surface area contributed by atoms with E-state index in [0.29, 0.717) is 16.7 Å². The van der Waals surface area contributed by atoms with Crippen LogP contribution in [0.5, 0.6) is 0 Å². The first-order valence-corrected chi connectivity index (χ1v) is 7.34. The number of rotatable bonds is 0. The summed E-state index contributed by atoms with van der Waals surface area (Å²) >= 11 is 0. The third-order valence-electron chi connectivity index (χ3n) is 4.72. The smallest absolute Gasteiger partial charge is 0.166 e. The first-order valence-electron chi connectivity index (χ1n) is 7.34. The average molecular weight is 296 g/mol. The van der Waals surface area contributed by atoms with E-state index in [0.717, 1.165) is 21.9 Å². The van der Waals surface area contributed by atoms with Crippen LogP contribution in [0, 0.1) is 6.92 Å². The molecule has 0 spiro atoms. The maximum absolute atomic E-state index is 12.0. The topological polar surface area (TPSA) is 77.8 Å². The fourth-order valence-corrected chi connectivity index (χ4v) is 3.72. The summed E-state index contributed by atoms with van der Waals surface area (Å²) in [5.74, 6) is -0.0503. The highest BCUT2D eigenvalue weighted by Gasteiger charge is 2.33. The Morgan fingerprint density at radius 3 is 2.68 bits per heavy atom. The van der Waals surface area contributed by atoms with Gasteiger partial charge in [0, 0.05) is 12.0 Å². The summed E-state index contributed by atoms with van der Waals surface area (Å²) in [4.78, 5) is 12.0. The van der Waals surface area contributed by atoms with Crippen molar-refractivity contribution in [3.8, 4) is 0 Å². The zero-order valence-electron chi connectivity index (χ0n) is 12.1. The monoisotopic (exact) mass is 296 g/mol. The van der Waals surface area contributed by atoms with Gasteiger partial charge in [0.05, 0.1) is 6.10 Å². The zero-order chi connectivity index (χ0) is 15.6. The first-order chi connectivity index (χ1) is 10.5. The SMILES string of the molecule is Cc1cc2c(c3ccc4c(c13)C(O)C(O)C=C4)C(O)CC2=O. The number of aliphatic hydroxyl groups excluding tert-OH is 3. The molecule has 4 heteroatoms. The van der Waals surface area contributed by atoms with Gasteiger partial charge in [-0.25, -0.2) is 0 Å². The molecule has 2 aromatic carbocycles. The van der Waals surface area contributed by atoms with Crippen molar-refractivity contribution in [2.24, 2.45) is 0 Å². The lowest BCUT2D eigenvalue weighted by Gasteiger charge is -2.25. The molecule has 2 aliphatic carbocycles. The van der Waals surface area contributed by atoms with E-state index in [9.17, 15) is 20.1 Å². The van der Waals surface area contributed by atoms with Crippen molar-refractivity contribution in [2.45, 2.75) is 31.7 Å². The molecule has 2 aromatic rings. The molecular weight excluding hydrogens is 280 g/mol. The lowest BCUT2D eigenvalue weighted by atomic mass is 9.84. The molecule has 0 aromatic heterocycles. The second-order valence-electron chi connectivity index (χ2n) is 6.08. The van der Waals surface area contributed by atoms with Crippen molar-refractivity contribution in [3.63, 3.8) is 0 Å². The summed E-state index contributed by atoms with van der Waals surface area (Å²) in [6.45, 7) is 1.89. The molecule has 0 saturated carbocycles. The van der Waals surface area contributed by atoms with Crippen molar-refractivity contribution >= 4 is 22.6 Å². The number of carbonyl (C=O) groups is 1. The number of hydrogen-bond acceptors (Lipinski definition) is 4. The predicted octanol–water partition coefficient (Wildman–Crippen LogP) is 2.19. The summed E-state index contributed by atoms with van der Waals surface area (Å²) in [5.41, 5.74) is 3.60. The summed E-state index contributed by atoms with van der Waals surface area (Å²) in [5, 5.41) is 32.1. The maximum atomic E-state index is 12.0. The van der Waals surface area contributed by atoms with Crippen molar-refractivity contribution < 1.29 is 20.1 Å². The van der Waals surface area contributed by atoms with Crippen molar-refractivity contribution in [3.05, 3.63) is 52.1 Å². The normalized spacial score (nSPS) is 26.4. The Morgan fingerprint density at radius 1 is 1.14 bits per heavy atom. The molecular formula is C18H16O4. The van der Waals surface area contributed by atoms with Crippen LogP contribution in [0.1, 0.15) is 51.2 Å². The number of aliphatic hydroxyl groups is 3. The third-order valence-corrected chi connectivity index (χ3v) is 4.72. The number of fused-ring (bicyclic) bond motifs is 5. The van der Waals surface area contributed by atoms with Gasteiger partial charge in [-0.05, 0) is 46.0 Å². The second-order valence-corrected chi connectivity index (χ2v) is 6.08. The van der Waals surface area contributed by atoms with Gasteiger partial charge in [-0.1, -0.05) is 24.3 Å². The molecule has 4 nitrogen and oxygen atoms in total. The van der Waals surface area contributed by atoms with Gasteiger partial charge in [0.15, 0.2) is 5.78 Å². The van der Waals surface area contributed by atoms with Gasteiger partial charge in [0.25, 0.3) is 0 Å². The highest BCUT2D eigenvalue weighted by atomic mass is 16.3.